The molecule has 1 aromatic carbocycles. The number of anilines is 3. The fourth-order valence-corrected chi connectivity index (χ4v) is 2.09. The Balaban J connectivity index is 1.95. The molecule has 0 spiro atoms. The minimum absolute atomic E-state index is 0.0643. The molecule has 0 bridgehead atoms. The molecule has 0 aliphatic heterocycles. The smallest absolute Gasteiger partial charge is 0.241 e. The lowest BCUT2D eigenvalue weighted by Crippen LogP contribution is -2.08. The maximum Gasteiger partial charge on any atom is 0.241 e. The van der Waals surface area contributed by atoms with Crippen molar-refractivity contribution >= 4 is 33.5 Å². The summed E-state index contributed by atoms with van der Waals surface area (Å²) < 4.78 is 15.2. The van der Waals surface area contributed by atoms with Crippen molar-refractivity contribution in [3.05, 3.63) is 47.2 Å². The van der Waals surface area contributed by atoms with Gasteiger partial charge in [-0.2, -0.15) is 15.0 Å². The molecule has 3 rings (SSSR count). The van der Waals surface area contributed by atoms with Crippen LogP contribution in [0.4, 0.5) is 22.0 Å². The lowest BCUT2D eigenvalue weighted by atomic mass is 10.3. The van der Waals surface area contributed by atoms with Crippen LogP contribution < -0.4 is 11.1 Å². The summed E-state index contributed by atoms with van der Waals surface area (Å²) in [7, 11) is 0. The van der Waals surface area contributed by atoms with Crippen molar-refractivity contribution in [3.8, 4) is 5.95 Å². The van der Waals surface area contributed by atoms with Crippen molar-refractivity contribution in [3.63, 3.8) is 0 Å². The number of aromatic nitrogens is 5. The molecule has 106 valence electrons. The molecule has 3 N–H and O–H groups in total. The number of nitrogens with zero attached hydrogens (tertiary/aromatic N) is 5. The van der Waals surface area contributed by atoms with Gasteiger partial charge in [0.05, 0.1) is 5.69 Å². The number of nitrogen functional groups attached to an aromatic ring is 1. The predicted molar refractivity (Wildman–Crippen MR) is 78.7 cm³/mol. The van der Waals surface area contributed by atoms with Crippen LogP contribution in [0.3, 0.4) is 0 Å². The first-order valence-corrected chi connectivity index (χ1v) is 6.63. The third-order valence-electron chi connectivity index (χ3n) is 2.55. The fourth-order valence-electron chi connectivity index (χ4n) is 1.64. The van der Waals surface area contributed by atoms with Gasteiger partial charge in [0.25, 0.3) is 0 Å². The van der Waals surface area contributed by atoms with E-state index in [-0.39, 0.29) is 17.7 Å². The molecule has 9 heteroatoms. The van der Waals surface area contributed by atoms with Gasteiger partial charge in [-0.1, -0.05) is 0 Å². The lowest BCUT2D eigenvalue weighted by molar-refractivity contribution is 0.627. The molecule has 0 saturated carbocycles. The van der Waals surface area contributed by atoms with Crippen molar-refractivity contribution in [2.24, 2.45) is 0 Å². The SMILES string of the molecule is Nc1nc(Nc2ccc(F)cc2Br)nc(-n2ccnc2)n1. The minimum Gasteiger partial charge on any atom is -0.368 e. The zero-order valence-electron chi connectivity index (χ0n) is 10.5. The van der Waals surface area contributed by atoms with Crippen molar-refractivity contribution in [2.45, 2.75) is 0 Å². The first-order valence-electron chi connectivity index (χ1n) is 5.84. The van der Waals surface area contributed by atoms with Crippen LogP contribution in [0.2, 0.25) is 0 Å². The number of hydrogen-bond acceptors (Lipinski definition) is 6. The average molecular weight is 350 g/mol. The van der Waals surface area contributed by atoms with Crippen molar-refractivity contribution in [1.29, 1.82) is 0 Å². The zero-order valence-corrected chi connectivity index (χ0v) is 12.1. The summed E-state index contributed by atoms with van der Waals surface area (Å²) in [5.74, 6) is 0.301. The first-order chi connectivity index (χ1) is 10.1. The Morgan fingerprint density at radius 2 is 2.10 bits per heavy atom. The van der Waals surface area contributed by atoms with Gasteiger partial charge in [0, 0.05) is 16.9 Å². The number of benzene rings is 1. The fraction of sp³-hybridized carbons (Fsp3) is 0. The molecule has 0 unspecified atom stereocenters. The normalized spacial score (nSPS) is 10.6. The number of nitrogens with two attached hydrogens (primary N) is 1. The maximum absolute atomic E-state index is 13.1. The summed E-state index contributed by atoms with van der Waals surface area (Å²) in [6.45, 7) is 0. The number of nitrogens with one attached hydrogen (secondary N) is 1. The lowest BCUT2D eigenvalue weighted by Gasteiger charge is -2.09. The second kappa shape index (κ2) is 5.44. The van der Waals surface area contributed by atoms with E-state index in [2.05, 4.69) is 41.2 Å². The van der Waals surface area contributed by atoms with E-state index in [1.54, 1.807) is 29.4 Å². The first kappa shape index (κ1) is 13.4. The van der Waals surface area contributed by atoms with Gasteiger partial charge >= 0.3 is 0 Å². The summed E-state index contributed by atoms with van der Waals surface area (Å²) in [6.07, 6.45) is 4.84. The van der Waals surface area contributed by atoms with Gasteiger partial charge in [-0.25, -0.2) is 9.37 Å². The molecule has 2 aromatic heterocycles. The molecular weight excluding hydrogens is 341 g/mol. The van der Waals surface area contributed by atoms with Crippen LogP contribution in [0.25, 0.3) is 5.95 Å². The van der Waals surface area contributed by atoms with Gasteiger partial charge in [0.15, 0.2) is 0 Å². The quantitative estimate of drug-likeness (QED) is 0.753. The molecule has 0 saturated heterocycles. The highest BCUT2D eigenvalue weighted by Gasteiger charge is 2.08. The molecule has 7 nitrogen and oxygen atoms in total. The molecule has 3 aromatic rings. The Morgan fingerprint density at radius 3 is 2.81 bits per heavy atom. The highest BCUT2D eigenvalue weighted by molar-refractivity contribution is 9.10. The summed E-state index contributed by atoms with van der Waals surface area (Å²) >= 11 is 3.26. The predicted octanol–water partition coefficient (Wildman–Crippen LogP) is 2.28. The minimum atomic E-state index is -0.346. The molecule has 0 fully saturated rings. The standard InChI is InChI=1S/C12H9BrFN7/c13-8-5-7(14)1-2-9(8)17-11-18-10(15)19-12(20-11)21-4-3-16-6-21/h1-6H,(H3,15,17,18,19,20). The molecule has 0 aliphatic carbocycles. The van der Waals surface area contributed by atoms with Gasteiger partial charge < -0.3 is 11.1 Å². The number of imidazole rings is 1. The monoisotopic (exact) mass is 349 g/mol. The van der Waals surface area contributed by atoms with Gasteiger partial charge in [-0.05, 0) is 34.1 Å². The average Bonchev–Trinajstić information content (AvgIpc) is 2.95. The zero-order chi connectivity index (χ0) is 14.8. The van der Waals surface area contributed by atoms with Crippen LogP contribution in [-0.4, -0.2) is 24.5 Å². The van der Waals surface area contributed by atoms with E-state index in [0.29, 0.717) is 16.1 Å². The van der Waals surface area contributed by atoms with Crippen molar-refractivity contribution in [2.75, 3.05) is 11.1 Å². The largest absolute Gasteiger partial charge is 0.368 e. The van der Waals surface area contributed by atoms with Gasteiger partial charge in [0.2, 0.25) is 17.8 Å². The molecular formula is C12H9BrFN7. The molecule has 0 atom stereocenters. The third-order valence-corrected chi connectivity index (χ3v) is 3.21. The summed E-state index contributed by atoms with van der Waals surface area (Å²) in [5.41, 5.74) is 6.28. The van der Waals surface area contributed by atoms with E-state index in [0.717, 1.165) is 0 Å². The van der Waals surface area contributed by atoms with E-state index >= 15 is 0 Å². The molecule has 21 heavy (non-hydrogen) atoms. The van der Waals surface area contributed by atoms with Gasteiger partial charge in [0.1, 0.15) is 12.1 Å². The second-order valence-electron chi connectivity index (χ2n) is 4.04. The van der Waals surface area contributed by atoms with E-state index in [4.69, 9.17) is 5.73 Å². The molecule has 0 radical (unpaired) electrons. The van der Waals surface area contributed by atoms with Crippen molar-refractivity contribution < 1.29 is 4.39 Å². The van der Waals surface area contributed by atoms with E-state index in [1.807, 2.05) is 0 Å². The van der Waals surface area contributed by atoms with E-state index < -0.39 is 0 Å². The number of halogens is 2. The summed E-state index contributed by atoms with van der Waals surface area (Å²) in [5, 5.41) is 2.95. The molecule has 0 amide bonds. The maximum atomic E-state index is 13.1. The van der Waals surface area contributed by atoms with Crippen LogP contribution in [0.15, 0.2) is 41.4 Å². The summed E-state index contributed by atoms with van der Waals surface area (Å²) in [6, 6.07) is 4.23. The van der Waals surface area contributed by atoms with Gasteiger partial charge in [-0.3, -0.25) is 4.57 Å². The van der Waals surface area contributed by atoms with Crippen LogP contribution in [0.1, 0.15) is 0 Å². The Morgan fingerprint density at radius 1 is 1.24 bits per heavy atom. The Labute approximate surface area is 127 Å². The van der Waals surface area contributed by atoms with Crippen LogP contribution in [0, 0.1) is 5.82 Å². The van der Waals surface area contributed by atoms with E-state index in [1.165, 1.54) is 12.1 Å². The molecule has 2 heterocycles. The topological polar surface area (TPSA) is 94.5 Å². The summed E-state index contributed by atoms with van der Waals surface area (Å²) in [4.78, 5) is 16.2. The Bertz CT molecular complexity index is 775. The third kappa shape index (κ3) is 2.97. The number of hydrogen-bond donors (Lipinski definition) is 2. The highest BCUT2D eigenvalue weighted by atomic mass is 79.9. The Hall–Kier alpha value is -2.55. The van der Waals surface area contributed by atoms with Gasteiger partial charge in [-0.15, -0.1) is 0 Å². The van der Waals surface area contributed by atoms with Crippen LogP contribution in [-0.2, 0) is 0 Å². The highest BCUT2D eigenvalue weighted by Crippen LogP contribution is 2.25. The van der Waals surface area contributed by atoms with Crippen LogP contribution in [0.5, 0.6) is 0 Å². The Kier molecular flexibility index (Phi) is 3.48. The van der Waals surface area contributed by atoms with E-state index in [9.17, 15) is 4.39 Å². The van der Waals surface area contributed by atoms with Crippen molar-refractivity contribution in [1.82, 2.24) is 24.5 Å². The number of rotatable bonds is 3. The second-order valence-corrected chi connectivity index (χ2v) is 4.89. The molecule has 0 aliphatic rings. The van der Waals surface area contributed by atoms with Crippen LogP contribution >= 0.6 is 15.9 Å².